The Morgan fingerprint density at radius 1 is 1.06 bits per heavy atom. The van der Waals surface area contributed by atoms with Crippen molar-refractivity contribution in [2.45, 2.75) is 4.90 Å². The fourth-order valence-corrected chi connectivity index (χ4v) is 5.93. The molecule has 5 rings (SSSR count). The molecule has 0 bridgehead atoms. The zero-order valence-corrected chi connectivity index (χ0v) is 21.4. The van der Waals surface area contributed by atoms with Crippen molar-refractivity contribution in [3.8, 4) is 5.75 Å². The number of nitrogens with zero attached hydrogens (tertiary/aromatic N) is 4. The lowest BCUT2D eigenvalue weighted by molar-refractivity contribution is 0.0999. The molecule has 0 radical (unpaired) electrons. The summed E-state index contributed by atoms with van der Waals surface area (Å²) in [5.41, 5.74) is 1.91. The Bertz CT molecular complexity index is 1420. The highest BCUT2D eigenvalue weighted by molar-refractivity contribution is 7.92. The summed E-state index contributed by atoms with van der Waals surface area (Å²) < 4.78 is 34.5. The first kappa shape index (κ1) is 24.3. The van der Waals surface area contributed by atoms with Crippen LogP contribution >= 0.6 is 0 Å². The van der Waals surface area contributed by atoms with Crippen LogP contribution in [-0.2, 0) is 10.0 Å². The normalized spacial score (nSPS) is 16.5. The summed E-state index contributed by atoms with van der Waals surface area (Å²) >= 11 is 0. The van der Waals surface area contributed by atoms with E-state index in [4.69, 9.17) is 9.72 Å². The predicted octanol–water partition coefficient (Wildman–Crippen LogP) is 2.29. The molecule has 0 spiro atoms. The number of carbonyl (C=O) groups is 1. The van der Waals surface area contributed by atoms with Crippen molar-refractivity contribution in [1.29, 1.82) is 0 Å². The summed E-state index contributed by atoms with van der Waals surface area (Å²) in [5.74, 6) is 0.625. The zero-order chi connectivity index (χ0) is 25.4. The van der Waals surface area contributed by atoms with Gasteiger partial charge in [-0.05, 0) is 37.4 Å². The third-order valence-corrected chi connectivity index (χ3v) is 8.17. The molecule has 190 valence electrons. The maximum atomic E-state index is 13.3. The molecule has 2 aliphatic heterocycles. The number of hydrogen-bond donors (Lipinski definition) is 2. The highest BCUT2D eigenvalue weighted by Crippen LogP contribution is 2.41. The molecular weight excluding hydrogens is 480 g/mol. The van der Waals surface area contributed by atoms with Crippen molar-refractivity contribution in [2.75, 3.05) is 75.4 Å². The van der Waals surface area contributed by atoms with Crippen LogP contribution in [0, 0.1) is 0 Å². The number of aromatic nitrogens is 1. The molecule has 36 heavy (non-hydrogen) atoms. The molecule has 3 aromatic rings. The van der Waals surface area contributed by atoms with Crippen molar-refractivity contribution in [3.63, 3.8) is 0 Å². The summed E-state index contributed by atoms with van der Waals surface area (Å²) in [4.78, 5) is 24.0. The number of methoxy groups -OCH3 is 1. The molecule has 1 aromatic heterocycles. The zero-order valence-electron chi connectivity index (χ0n) is 20.6. The second-order valence-electron chi connectivity index (χ2n) is 9.10. The summed E-state index contributed by atoms with van der Waals surface area (Å²) in [5, 5.41) is 3.97. The third-order valence-electron chi connectivity index (χ3n) is 6.77. The van der Waals surface area contributed by atoms with Crippen LogP contribution in [-0.4, -0.2) is 89.6 Å². The van der Waals surface area contributed by atoms with E-state index in [1.165, 1.54) is 13.2 Å². The average Bonchev–Trinajstić information content (AvgIpc) is 3.12. The lowest BCUT2D eigenvalue weighted by Gasteiger charge is -2.32. The monoisotopic (exact) mass is 510 g/mol. The summed E-state index contributed by atoms with van der Waals surface area (Å²) in [6.45, 7) is 5.61. The first-order valence-corrected chi connectivity index (χ1v) is 13.3. The van der Waals surface area contributed by atoms with Crippen molar-refractivity contribution in [3.05, 3.63) is 48.0 Å². The molecule has 2 N–H and O–H groups in total. The van der Waals surface area contributed by atoms with Gasteiger partial charge in [0, 0.05) is 51.7 Å². The van der Waals surface area contributed by atoms with E-state index in [1.807, 2.05) is 0 Å². The summed E-state index contributed by atoms with van der Waals surface area (Å²) in [6, 6.07) is 11.6. The van der Waals surface area contributed by atoms with Crippen LogP contribution in [0.5, 0.6) is 5.75 Å². The van der Waals surface area contributed by atoms with Gasteiger partial charge in [-0.25, -0.2) is 13.4 Å². The van der Waals surface area contributed by atoms with E-state index in [0.29, 0.717) is 40.2 Å². The minimum atomic E-state index is -3.97. The second kappa shape index (κ2) is 9.57. The number of anilines is 3. The molecule has 1 fully saturated rings. The van der Waals surface area contributed by atoms with E-state index < -0.39 is 10.0 Å². The molecule has 0 unspecified atom stereocenters. The number of ether oxygens (including phenoxy) is 1. The Labute approximate surface area is 210 Å². The Morgan fingerprint density at radius 3 is 2.56 bits per heavy atom. The first-order chi connectivity index (χ1) is 17.3. The molecular formula is C25H30N6O4S. The quantitative estimate of drug-likeness (QED) is 0.476. The Hall–Kier alpha value is -3.41. The number of likely N-dealkylation sites (N-methyl/N-ethyl adjacent to an activating group) is 1. The van der Waals surface area contributed by atoms with Gasteiger partial charge >= 0.3 is 0 Å². The first-order valence-electron chi connectivity index (χ1n) is 11.8. The molecule has 1 amide bonds. The van der Waals surface area contributed by atoms with Crippen molar-refractivity contribution >= 4 is 44.0 Å². The standard InChI is InChI=1S/C25H30N6O4S/c1-29-12-14-31(15-13-29)11-10-26-22-16-17-23-19(30(2)25(17)32)9-8-18(24(23)27-22)28-36(33,34)21-7-5-4-6-20(21)35-3/h4-9,16,28H,10-15H2,1-3H3,(H,26,27). The summed E-state index contributed by atoms with van der Waals surface area (Å²) in [6.07, 6.45) is 0. The highest BCUT2D eigenvalue weighted by Gasteiger charge is 2.31. The average molecular weight is 511 g/mol. The van der Waals surface area contributed by atoms with Gasteiger partial charge in [0.25, 0.3) is 15.9 Å². The highest BCUT2D eigenvalue weighted by atomic mass is 32.2. The number of benzene rings is 2. The maximum absolute atomic E-state index is 13.3. The smallest absolute Gasteiger partial charge is 0.265 e. The van der Waals surface area contributed by atoms with Crippen LogP contribution in [0.4, 0.5) is 17.2 Å². The van der Waals surface area contributed by atoms with Crippen LogP contribution in [0.15, 0.2) is 47.4 Å². The number of sulfonamides is 1. The molecule has 2 aromatic carbocycles. The third kappa shape index (κ3) is 4.45. The Balaban J connectivity index is 1.47. The minimum Gasteiger partial charge on any atom is -0.495 e. The summed E-state index contributed by atoms with van der Waals surface area (Å²) in [7, 11) is 1.28. The van der Waals surface area contributed by atoms with E-state index >= 15 is 0 Å². The molecule has 3 heterocycles. The van der Waals surface area contributed by atoms with Crippen molar-refractivity contribution < 1.29 is 17.9 Å². The molecule has 0 atom stereocenters. The molecule has 2 aliphatic rings. The Kier molecular flexibility index (Phi) is 6.45. The fourth-order valence-electron chi connectivity index (χ4n) is 4.69. The second-order valence-corrected chi connectivity index (χ2v) is 10.8. The van der Waals surface area contributed by atoms with Crippen molar-refractivity contribution in [1.82, 2.24) is 14.8 Å². The number of amides is 1. The molecule has 0 saturated carbocycles. The fraction of sp³-hybridized carbons (Fsp3) is 0.360. The van der Waals surface area contributed by atoms with Crippen molar-refractivity contribution in [2.24, 2.45) is 0 Å². The van der Waals surface area contributed by atoms with Crippen LogP contribution in [0.25, 0.3) is 10.9 Å². The maximum Gasteiger partial charge on any atom is 0.265 e. The van der Waals surface area contributed by atoms with Gasteiger partial charge in [0.2, 0.25) is 0 Å². The van der Waals surface area contributed by atoms with Crippen LogP contribution in [0.1, 0.15) is 10.4 Å². The largest absolute Gasteiger partial charge is 0.495 e. The number of para-hydroxylation sites is 1. The van der Waals surface area contributed by atoms with E-state index in [9.17, 15) is 13.2 Å². The molecule has 0 aliphatic carbocycles. The van der Waals surface area contributed by atoms with E-state index in [2.05, 4.69) is 26.9 Å². The molecule has 1 saturated heterocycles. The number of pyridine rings is 1. The number of piperazine rings is 1. The number of carbonyl (C=O) groups excluding carboxylic acids is 1. The van der Waals surface area contributed by atoms with E-state index in [1.54, 1.807) is 48.3 Å². The minimum absolute atomic E-state index is 0.0227. The number of hydrogen-bond acceptors (Lipinski definition) is 8. The van der Waals surface area contributed by atoms with Gasteiger partial charge in [-0.15, -0.1) is 0 Å². The Morgan fingerprint density at radius 2 is 1.81 bits per heavy atom. The van der Waals surface area contributed by atoms with Gasteiger partial charge in [-0.3, -0.25) is 14.4 Å². The van der Waals surface area contributed by atoms with Crippen LogP contribution < -0.4 is 19.7 Å². The SMILES string of the molecule is COc1ccccc1S(=O)(=O)Nc1ccc2c3c(cc(NCCN4CCN(C)CC4)nc13)C(=O)N2C. The van der Waals surface area contributed by atoms with Crippen LogP contribution in [0.2, 0.25) is 0 Å². The number of rotatable bonds is 8. The topological polar surface area (TPSA) is 107 Å². The van der Waals surface area contributed by atoms with Gasteiger partial charge in [0.05, 0.1) is 29.6 Å². The van der Waals surface area contributed by atoms with E-state index in [-0.39, 0.29) is 16.6 Å². The lowest BCUT2D eigenvalue weighted by Crippen LogP contribution is -2.45. The van der Waals surface area contributed by atoms with Gasteiger partial charge in [0.1, 0.15) is 16.5 Å². The van der Waals surface area contributed by atoms with Crippen LogP contribution in [0.3, 0.4) is 0 Å². The number of nitrogens with one attached hydrogen (secondary N) is 2. The van der Waals surface area contributed by atoms with Gasteiger partial charge < -0.3 is 19.9 Å². The van der Waals surface area contributed by atoms with Gasteiger partial charge in [0.15, 0.2) is 0 Å². The molecule has 10 nitrogen and oxygen atoms in total. The van der Waals surface area contributed by atoms with E-state index in [0.717, 1.165) is 32.7 Å². The molecule has 11 heteroatoms. The van der Waals surface area contributed by atoms with Gasteiger partial charge in [-0.1, -0.05) is 12.1 Å². The lowest BCUT2D eigenvalue weighted by atomic mass is 10.1. The predicted molar refractivity (Wildman–Crippen MR) is 141 cm³/mol. The van der Waals surface area contributed by atoms with Gasteiger partial charge in [-0.2, -0.15) is 0 Å².